The van der Waals surface area contributed by atoms with Gasteiger partial charge in [0.25, 0.3) is 15.9 Å². The fourth-order valence-electron chi connectivity index (χ4n) is 3.20. The third kappa shape index (κ3) is 6.26. The van der Waals surface area contributed by atoms with E-state index in [4.69, 9.17) is 14.6 Å². The molecule has 0 fully saturated rings. The number of hydrogen-bond acceptors (Lipinski definition) is 7. The Labute approximate surface area is 197 Å². The second kappa shape index (κ2) is 9.89. The van der Waals surface area contributed by atoms with Crippen LogP contribution in [-0.2, 0) is 21.4 Å². The Morgan fingerprint density at radius 1 is 1.34 bits per heavy atom. The smallest absolute Gasteiger partial charge is 0.422 e. The predicted octanol–water partition coefficient (Wildman–Crippen LogP) is 2.03. The second-order valence-corrected chi connectivity index (χ2v) is 9.21. The number of aromatic nitrogens is 2. The lowest BCUT2D eigenvalue weighted by molar-refractivity contribution is -0.154. The molecule has 1 aromatic heterocycles. The van der Waals surface area contributed by atoms with Crippen LogP contribution in [0.5, 0.6) is 11.6 Å². The van der Waals surface area contributed by atoms with Gasteiger partial charge in [0.2, 0.25) is 5.91 Å². The van der Waals surface area contributed by atoms with Crippen LogP contribution in [0.3, 0.4) is 0 Å². The predicted molar refractivity (Wildman–Crippen MR) is 115 cm³/mol. The number of carbonyl (C=O) groups excluding carboxylic acids is 1. The lowest BCUT2D eigenvalue weighted by atomic mass is 10.2. The van der Waals surface area contributed by atoms with Crippen molar-refractivity contribution in [2.75, 3.05) is 29.3 Å². The van der Waals surface area contributed by atoms with Gasteiger partial charge in [-0.05, 0) is 25.1 Å². The number of rotatable bonds is 8. The minimum atomic E-state index is -4.73. The molecule has 12 nitrogen and oxygen atoms in total. The number of fused-ring (bicyclic) bond motifs is 1. The highest BCUT2D eigenvalue weighted by molar-refractivity contribution is 7.93. The van der Waals surface area contributed by atoms with Crippen molar-refractivity contribution in [3.63, 3.8) is 0 Å². The minimum absolute atomic E-state index is 0.0261. The van der Waals surface area contributed by atoms with Crippen molar-refractivity contribution < 1.29 is 45.8 Å². The summed E-state index contributed by atoms with van der Waals surface area (Å²) in [6.45, 7) is 0.847. The number of carboxylic acid groups (broad SMARTS) is 1. The molecule has 0 bridgehead atoms. The summed E-state index contributed by atoms with van der Waals surface area (Å²) in [5.41, 5.74) is -0.0421. The summed E-state index contributed by atoms with van der Waals surface area (Å²) >= 11 is 0. The van der Waals surface area contributed by atoms with Gasteiger partial charge in [0, 0.05) is 25.4 Å². The van der Waals surface area contributed by atoms with Gasteiger partial charge in [-0.15, -0.1) is 5.10 Å². The summed E-state index contributed by atoms with van der Waals surface area (Å²) in [5.74, 6) is -1.08. The summed E-state index contributed by atoms with van der Waals surface area (Å²) in [7, 11) is -4.59. The van der Waals surface area contributed by atoms with Gasteiger partial charge in [-0.1, -0.05) is 0 Å². The number of benzene rings is 1. The minimum Gasteiger partial charge on any atom is -0.484 e. The fraction of sp³-hybridized carbons (Fsp3) is 0.421. The fourth-order valence-corrected chi connectivity index (χ4v) is 4.77. The average Bonchev–Trinajstić information content (AvgIpc) is 3.19. The van der Waals surface area contributed by atoms with Gasteiger partial charge < -0.3 is 19.9 Å². The maximum atomic E-state index is 13.7. The lowest BCUT2D eigenvalue weighted by Crippen LogP contribution is -2.48. The molecule has 0 spiro atoms. The van der Waals surface area contributed by atoms with Crippen LogP contribution >= 0.6 is 0 Å². The first kappa shape index (κ1) is 25.9. The molecule has 1 unspecified atom stereocenters. The van der Waals surface area contributed by atoms with Crippen molar-refractivity contribution in [2.45, 2.75) is 37.6 Å². The van der Waals surface area contributed by atoms with Gasteiger partial charge >= 0.3 is 12.3 Å². The van der Waals surface area contributed by atoms with Crippen molar-refractivity contribution in [2.24, 2.45) is 0 Å². The number of aryl methyl sites for hydroxylation is 1. The van der Waals surface area contributed by atoms with E-state index in [0.717, 1.165) is 15.2 Å². The molecule has 0 saturated heterocycles. The summed E-state index contributed by atoms with van der Waals surface area (Å²) in [6, 6.07) is 3.88. The van der Waals surface area contributed by atoms with E-state index in [1.165, 1.54) is 25.1 Å². The van der Waals surface area contributed by atoms with Crippen LogP contribution in [-0.4, -0.2) is 67.3 Å². The van der Waals surface area contributed by atoms with Crippen LogP contribution in [0, 0.1) is 0 Å². The number of nitrogens with zero attached hydrogens (tertiary/aromatic N) is 3. The molecule has 0 aliphatic carbocycles. The van der Waals surface area contributed by atoms with Crippen LogP contribution in [0.2, 0.25) is 0 Å². The van der Waals surface area contributed by atoms with Crippen LogP contribution < -0.4 is 24.4 Å². The zero-order valence-corrected chi connectivity index (χ0v) is 19.3. The normalized spacial score (nSPS) is 15.7. The molecule has 3 N–H and O–H groups in total. The number of nitrogens with one attached hydrogen (secondary N) is 2. The first-order valence-corrected chi connectivity index (χ1v) is 11.6. The highest BCUT2D eigenvalue weighted by Crippen LogP contribution is 2.40. The number of anilines is 2. The van der Waals surface area contributed by atoms with Gasteiger partial charge in [0.05, 0.1) is 18.8 Å². The Balaban J connectivity index is 2.07. The Morgan fingerprint density at radius 3 is 2.66 bits per heavy atom. The molecule has 1 aromatic carbocycles. The molecule has 2 amide bonds. The third-order valence-electron chi connectivity index (χ3n) is 4.68. The number of ether oxygens (including phenoxy) is 2. The first-order valence-electron chi connectivity index (χ1n) is 10.1. The van der Waals surface area contributed by atoms with Crippen molar-refractivity contribution in [1.29, 1.82) is 0 Å². The van der Waals surface area contributed by atoms with Crippen molar-refractivity contribution >= 4 is 33.4 Å². The summed E-state index contributed by atoms with van der Waals surface area (Å²) in [6.07, 6.45) is -5.95. The second-order valence-electron chi connectivity index (χ2n) is 7.38. The Bertz CT molecular complexity index is 1220. The molecule has 1 aliphatic rings. The SMILES string of the molecule is CCn1cc(S(=O)(=O)N2CC(CNC(C)=O)Oc3ccc(NC(=O)O)cc32)c(OCC(F)(F)F)n1. The number of halogens is 3. The maximum Gasteiger partial charge on any atom is 0.422 e. The van der Waals surface area contributed by atoms with Crippen LogP contribution in [0.15, 0.2) is 29.3 Å². The molecule has 192 valence electrons. The zero-order chi connectivity index (χ0) is 26.0. The number of hydrogen-bond donors (Lipinski definition) is 3. The number of alkyl halides is 3. The van der Waals surface area contributed by atoms with Crippen molar-refractivity contribution in [3.8, 4) is 11.6 Å². The monoisotopic (exact) mass is 521 g/mol. The van der Waals surface area contributed by atoms with E-state index in [-0.39, 0.29) is 42.7 Å². The average molecular weight is 521 g/mol. The quantitative estimate of drug-likeness (QED) is 0.477. The van der Waals surface area contributed by atoms with Crippen molar-refractivity contribution in [3.05, 3.63) is 24.4 Å². The third-order valence-corrected chi connectivity index (χ3v) is 6.44. The van der Waals surface area contributed by atoms with E-state index in [9.17, 15) is 31.2 Å². The van der Waals surface area contributed by atoms with E-state index in [2.05, 4.69) is 15.7 Å². The van der Waals surface area contributed by atoms with E-state index in [0.29, 0.717) is 0 Å². The molecular weight excluding hydrogens is 499 g/mol. The molecule has 1 atom stereocenters. The Morgan fingerprint density at radius 2 is 2.06 bits per heavy atom. The molecule has 0 radical (unpaired) electrons. The maximum absolute atomic E-state index is 13.7. The van der Waals surface area contributed by atoms with Crippen LogP contribution in [0.4, 0.5) is 29.3 Å². The Hall–Kier alpha value is -3.69. The van der Waals surface area contributed by atoms with Crippen LogP contribution in [0.25, 0.3) is 0 Å². The van der Waals surface area contributed by atoms with Gasteiger partial charge in [0.15, 0.2) is 11.5 Å². The van der Waals surface area contributed by atoms with E-state index < -0.39 is 45.8 Å². The van der Waals surface area contributed by atoms with Gasteiger partial charge in [-0.3, -0.25) is 19.1 Å². The summed E-state index contributed by atoms with van der Waals surface area (Å²) in [5, 5.41) is 17.4. The highest BCUT2D eigenvalue weighted by Gasteiger charge is 2.39. The molecule has 35 heavy (non-hydrogen) atoms. The van der Waals surface area contributed by atoms with Gasteiger partial charge in [0.1, 0.15) is 11.9 Å². The summed E-state index contributed by atoms with van der Waals surface area (Å²) < 4.78 is 78.0. The zero-order valence-electron chi connectivity index (χ0n) is 18.5. The number of carbonyl (C=O) groups is 2. The number of sulfonamides is 1. The van der Waals surface area contributed by atoms with E-state index in [1.807, 2.05) is 0 Å². The van der Waals surface area contributed by atoms with E-state index >= 15 is 0 Å². The lowest BCUT2D eigenvalue weighted by Gasteiger charge is -2.35. The molecular formula is C19H22F3N5O7S. The van der Waals surface area contributed by atoms with Crippen LogP contribution in [0.1, 0.15) is 13.8 Å². The molecule has 1 aliphatic heterocycles. The topological polar surface area (TPSA) is 152 Å². The van der Waals surface area contributed by atoms with Gasteiger partial charge in [-0.25, -0.2) is 13.2 Å². The molecule has 0 saturated carbocycles. The molecule has 2 aromatic rings. The Kier molecular flexibility index (Phi) is 7.33. The number of amides is 2. The van der Waals surface area contributed by atoms with E-state index in [1.54, 1.807) is 6.92 Å². The molecule has 16 heteroatoms. The largest absolute Gasteiger partial charge is 0.484 e. The molecule has 3 rings (SSSR count). The van der Waals surface area contributed by atoms with Gasteiger partial charge in [-0.2, -0.15) is 13.2 Å². The summed E-state index contributed by atoms with van der Waals surface area (Å²) in [4.78, 5) is 21.7. The molecule has 2 heterocycles. The first-order chi connectivity index (χ1) is 16.3. The van der Waals surface area contributed by atoms with Crippen molar-refractivity contribution in [1.82, 2.24) is 15.1 Å². The standard InChI is InChI=1S/C19H22F3N5O7S/c1-3-26-9-16(17(25-26)33-10-19(20,21)22)35(31,32)27-8-13(7-23-11(2)28)34-15-5-4-12(6-14(15)27)24-18(29)30/h4-6,9,13,24H,3,7-8,10H2,1-2H3,(H,23,28)(H,29,30). The highest BCUT2D eigenvalue weighted by atomic mass is 32.2.